The monoisotopic (exact) mass is 329 g/mol. The number of nitrogens with zero attached hydrogens (tertiary/aromatic N) is 5. The van der Waals surface area contributed by atoms with Gasteiger partial charge >= 0.3 is 5.97 Å². The van der Waals surface area contributed by atoms with Crippen LogP contribution in [0.1, 0.15) is 26.5 Å². The molecule has 24 heavy (non-hydrogen) atoms. The second kappa shape index (κ2) is 6.31. The van der Waals surface area contributed by atoms with Crippen LogP contribution >= 0.6 is 0 Å². The van der Waals surface area contributed by atoms with Crippen molar-refractivity contribution in [1.29, 1.82) is 0 Å². The van der Waals surface area contributed by atoms with Gasteiger partial charge in [-0.1, -0.05) is 6.07 Å². The minimum absolute atomic E-state index is 0.165. The summed E-state index contributed by atoms with van der Waals surface area (Å²) in [6.07, 6.45) is 1.49. The Morgan fingerprint density at radius 1 is 1.25 bits per heavy atom. The van der Waals surface area contributed by atoms with Gasteiger partial charge in [-0.05, 0) is 12.1 Å². The molecule has 0 aromatic carbocycles. The largest absolute Gasteiger partial charge is 0.465 e. The number of anilines is 1. The number of amides is 1. The Labute approximate surface area is 139 Å². The molecule has 0 atom stereocenters. The number of rotatable bonds is 3. The van der Waals surface area contributed by atoms with Crippen molar-refractivity contribution in [3.8, 4) is 0 Å². The molecule has 1 amide bonds. The van der Waals surface area contributed by atoms with Crippen LogP contribution in [0.3, 0.4) is 0 Å². The van der Waals surface area contributed by atoms with Crippen molar-refractivity contribution in [2.45, 2.75) is 13.1 Å². The van der Waals surface area contributed by atoms with Crippen LogP contribution in [0.4, 0.5) is 5.82 Å². The summed E-state index contributed by atoms with van der Waals surface area (Å²) in [5, 5.41) is 4.19. The van der Waals surface area contributed by atoms with Gasteiger partial charge in [0.05, 0.1) is 32.1 Å². The number of aromatic nitrogens is 3. The smallest absolute Gasteiger partial charge is 0.341 e. The summed E-state index contributed by atoms with van der Waals surface area (Å²) >= 11 is 0. The summed E-state index contributed by atoms with van der Waals surface area (Å²) in [6, 6.07) is 5.35. The maximum Gasteiger partial charge on any atom is 0.341 e. The number of hydrogen-bond acceptors (Lipinski definition) is 6. The Morgan fingerprint density at radius 3 is 2.75 bits per heavy atom. The molecule has 1 aliphatic heterocycles. The molecule has 1 aliphatic rings. The number of fused-ring (bicyclic) bond motifs is 1. The molecule has 0 aliphatic carbocycles. The summed E-state index contributed by atoms with van der Waals surface area (Å²) in [7, 11) is 5.08. The molecule has 126 valence electrons. The average Bonchev–Trinajstić information content (AvgIpc) is 3.03. The van der Waals surface area contributed by atoms with Gasteiger partial charge in [-0.2, -0.15) is 5.10 Å². The Balaban J connectivity index is 1.85. The number of esters is 1. The van der Waals surface area contributed by atoms with Crippen LogP contribution in [0, 0.1) is 0 Å². The summed E-state index contributed by atoms with van der Waals surface area (Å²) < 4.78 is 6.51. The molecular formula is C16H19N5O3. The van der Waals surface area contributed by atoms with E-state index in [1.807, 2.05) is 31.1 Å². The first kappa shape index (κ1) is 16.0. The van der Waals surface area contributed by atoms with Gasteiger partial charge in [0.25, 0.3) is 5.91 Å². The molecule has 0 radical (unpaired) electrons. The molecule has 0 spiro atoms. The van der Waals surface area contributed by atoms with Crippen molar-refractivity contribution < 1.29 is 14.3 Å². The van der Waals surface area contributed by atoms with E-state index in [0.29, 0.717) is 36.6 Å². The van der Waals surface area contributed by atoms with Gasteiger partial charge in [0.2, 0.25) is 0 Å². The zero-order valence-electron chi connectivity index (χ0n) is 13.9. The number of hydrogen-bond donors (Lipinski definition) is 0. The van der Waals surface area contributed by atoms with Crippen LogP contribution in [0.2, 0.25) is 0 Å². The molecule has 3 rings (SSSR count). The minimum Gasteiger partial charge on any atom is -0.465 e. The van der Waals surface area contributed by atoms with Gasteiger partial charge in [0, 0.05) is 20.6 Å². The third-order valence-corrected chi connectivity index (χ3v) is 3.98. The maximum absolute atomic E-state index is 12.8. The highest BCUT2D eigenvalue weighted by Crippen LogP contribution is 2.19. The van der Waals surface area contributed by atoms with Crippen LogP contribution in [0.25, 0.3) is 0 Å². The predicted molar refractivity (Wildman–Crippen MR) is 86.9 cm³/mol. The number of pyridine rings is 1. The molecule has 2 aromatic rings. The van der Waals surface area contributed by atoms with Gasteiger partial charge in [0.15, 0.2) is 0 Å². The van der Waals surface area contributed by atoms with Crippen LogP contribution in [0.15, 0.2) is 24.4 Å². The summed E-state index contributed by atoms with van der Waals surface area (Å²) in [5.41, 5.74) is 1.46. The SMILES string of the molecule is COC(=O)c1cnn2c1CN(C(=O)c1cccc(N(C)C)n1)CC2. The van der Waals surface area contributed by atoms with Crippen LogP contribution in [-0.2, 0) is 17.8 Å². The Kier molecular flexibility index (Phi) is 4.20. The number of methoxy groups -OCH3 is 1. The first-order valence-electron chi connectivity index (χ1n) is 7.58. The zero-order chi connectivity index (χ0) is 17.3. The lowest BCUT2D eigenvalue weighted by Crippen LogP contribution is -2.39. The van der Waals surface area contributed by atoms with E-state index >= 15 is 0 Å². The van der Waals surface area contributed by atoms with E-state index in [4.69, 9.17) is 4.74 Å². The van der Waals surface area contributed by atoms with Gasteiger partial charge in [0.1, 0.15) is 17.1 Å². The van der Waals surface area contributed by atoms with E-state index in [2.05, 4.69) is 10.1 Å². The molecule has 0 fully saturated rings. The van der Waals surface area contributed by atoms with Gasteiger partial charge in [-0.15, -0.1) is 0 Å². The molecule has 0 saturated heterocycles. The third kappa shape index (κ3) is 2.82. The third-order valence-electron chi connectivity index (χ3n) is 3.98. The van der Waals surface area contributed by atoms with Crippen molar-refractivity contribution in [3.63, 3.8) is 0 Å². The van der Waals surface area contributed by atoms with Gasteiger partial charge in [-0.25, -0.2) is 9.78 Å². The normalized spacial score (nSPS) is 13.4. The van der Waals surface area contributed by atoms with E-state index in [-0.39, 0.29) is 5.91 Å². The van der Waals surface area contributed by atoms with Crippen LogP contribution < -0.4 is 4.90 Å². The first-order chi connectivity index (χ1) is 11.5. The number of carbonyl (C=O) groups is 2. The van der Waals surface area contributed by atoms with E-state index in [1.165, 1.54) is 13.3 Å². The quantitative estimate of drug-likeness (QED) is 0.775. The molecule has 3 heterocycles. The highest BCUT2D eigenvalue weighted by molar-refractivity contribution is 5.93. The fraction of sp³-hybridized carbons (Fsp3) is 0.375. The molecule has 0 N–H and O–H groups in total. The lowest BCUT2D eigenvalue weighted by Gasteiger charge is -2.28. The predicted octanol–water partition coefficient (Wildman–Crippen LogP) is 0.787. The molecule has 0 bridgehead atoms. The molecular weight excluding hydrogens is 310 g/mol. The number of carbonyl (C=O) groups excluding carboxylic acids is 2. The number of ether oxygens (including phenoxy) is 1. The van der Waals surface area contributed by atoms with E-state index < -0.39 is 5.97 Å². The van der Waals surface area contributed by atoms with Gasteiger partial charge < -0.3 is 14.5 Å². The molecule has 8 nitrogen and oxygen atoms in total. The van der Waals surface area contributed by atoms with Crippen molar-refractivity contribution in [2.24, 2.45) is 0 Å². The van der Waals surface area contributed by atoms with E-state index in [1.54, 1.807) is 15.6 Å². The molecule has 8 heteroatoms. The summed E-state index contributed by atoms with van der Waals surface area (Å²) in [4.78, 5) is 32.5. The van der Waals surface area contributed by atoms with Gasteiger partial charge in [-0.3, -0.25) is 9.48 Å². The van der Waals surface area contributed by atoms with Crippen LogP contribution in [0.5, 0.6) is 0 Å². The molecule has 2 aromatic heterocycles. The standard InChI is InChI=1S/C16H19N5O3/c1-19(2)14-6-4-5-12(18-14)15(22)20-7-8-21-13(10-20)11(9-17-21)16(23)24-3/h4-6,9H,7-8,10H2,1-3H3. The highest BCUT2D eigenvalue weighted by Gasteiger charge is 2.28. The van der Waals surface area contributed by atoms with Crippen molar-refractivity contribution in [2.75, 3.05) is 32.6 Å². The van der Waals surface area contributed by atoms with Crippen molar-refractivity contribution in [1.82, 2.24) is 19.7 Å². The minimum atomic E-state index is -0.446. The first-order valence-corrected chi connectivity index (χ1v) is 7.58. The summed E-state index contributed by atoms with van der Waals surface area (Å²) in [6.45, 7) is 1.35. The van der Waals surface area contributed by atoms with Crippen LogP contribution in [-0.4, -0.2) is 59.3 Å². The maximum atomic E-state index is 12.8. The topological polar surface area (TPSA) is 80.6 Å². The fourth-order valence-electron chi connectivity index (χ4n) is 2.65. The average molecular weight is 329 g/mol. The highest BCUT2D eigenvalue weighted by atomic mass is 16.5. The second-order valence-electron chi connectivity index (χ2n) is 5.72. The lowest BCUT2D eigenvalue weighted by atomic mass is 10.2. The lowest BCUT2D eigenvalue weighted by molar-refractivity contribution is 0.0588. The second-order valence-corrected chi connectivity index (χ2v) is 5.72. The Bertz CT molecular complexity index is 784. The molecule has 0 saturated carbocycles. The van der Waals surface area contributed by atoms with Crippen molar-refractivity contribution in [3.05, 3.63) is 41.3 Å². The Morgan fingerprint density at radius 2 is 2.04 bits per heavy atom. The zero-order valence-corrected chi connectivity index (χ0v) is 13.9. The van der Waals surface area contributed by atoms with Crippen molar-refractivity contribution >= 4 is 17.7 Å². The molecule has 0 unspecified atom stereocenters. The van der Waals surface area contributed by atoms with E-state index in [0.717, 1.165) is 5.82 Å². The Hall–Kier alpha value is -2.90. The van der Waals surface area contributed by atoms with E-state index in [9.17, 15) is 9.59 Å². The summed E-state index contributed by atoms with van der Waals surface area (Å²) in [5.74, 6) is 0.110. The fourth-order valence-corrected chi connectivity index (χ4v) is 2.65.